The highest BCUT2D eigenvalue weighted by atomic mass is 16.2. The minimum atomic E-state index is -0.0362. The first-order chi connectivity index (χ1) is 9.45. The standard InChI is InChI=1S/C16H31N3O/c1-4-16(7-5-6-8-16)14(20)18-9-11-19(12-10-18)15(2,3)13-17/h4-13,17H2,1-3H3. The maximum Gasteiger partial charge on any atom is 0.228 e. The Hall–Kier alpha value is -0.610. The lowest BCUT2D eigenvalue weighted by atomic mass is 9.81. The van der Waals surface area contributed by atoms with Crippen molar-refractivity contribution >= 4 is 5.91 Å². The quantitative estimate of drug-likeness (QED) is 0.855. The number of nitrogens with two attached hydrogens (primary N) is 1. The SMILES string of the molecule is CCC1(C(=O)N2CCN(C(C)(C)CN)CC2)CCCC1. The van der Waals surface area contributed by atoms with E-state index in [0.29, 0.717) is 12.5 Å². The molecule has 1 aliphatic carbocycles. The van der Waals surface area contributed by atoms with Crippen molar-refractivity contribution in [2.24, 2.45) is 11.1 Å². The van der Waals surface area contributed by atoms with Crippen LogP contribution in [0.3, 0.4) is 0 Å². The number of amides is 1. The Morgan fingerprint density at radius 3 is 2.15 bits per heavy atom. The number of carbonyl (C=O) groups excluding carboxylic acids is 1. The van der Waals surface area contributed by atoms with Crippen LogP contribution in [0.25, 0.3) is 0 Å². The van der Waals surface area contributed by atoms with E-state index in [1.807, 2.05) is 0 Å². The van der Waals surface area contributed by atoms with Crippen LogP contribution >= 0.6 is 0 Å². The number of hydrogen-bond acceptors (Lipinski definition) is 3. The minimum Gasteiger partial charge on any atom is -0.340 e. The fourth-order valence-electron chi connectivity index (χ4n) is 3.75. The van der Waals surface area contributed by atoms with Gasteiger partial charge in [0.25, 0.3) is 0 Å². The van der Waals surface area contributed by atoms with Crippen LogP contribution in [0.2, 0.25) is 0 Å². The zero-order valence-corrected chi connectivity index (χ0v) is 13.5. The van der Waals surface area contributed by atoms with Gasteiger partial charge in [-0.15, -0.1) is 0 Å². The van der Waals surface area contributed by atoms with E-state index in [1.54, 1.807) is 0 Å². The second-order valence-electron chi connectivity index (χ2n) is 7.14. The highest BCUT2D eigenvalue weighted by Crippen LogP contribution is 2.42. The molecule has 2 aliphatic rings. The molecule has 2 fully saturated rings. The minimum absolute atomic E-state index is 0.0362. The number of hydrogen-bond donors (Lipinski definition) is 1. The Kier molecular flexibility index (Phi) is 4.75. The van der Waals surface area contributed by atoms with Gasteiger partial charge in [0.1, 0.15) is 0 Å². The van der Waals surface area contributed by atoms with Crippen molar-refractivity contribution in [2.45, 2.75) is 58.4 Å². The molecule has 1 saturated carbocycles. The molecule has 0 spiro atoms. The van der Waals surface area contributed by atoms with Gasteiger partial charge in [0, 0.05) is 43.7 Å². The van der Waals surface area contributed by atoms with Crippen molar-refractivity contribution in [3.63, 3.8) is 0 Å². The van der Waals surface area contributed by atoms with Crippen molar-refractivity contribution in [1.29, 1.82) is 0 Å². The summed E-state index contributed by atoms with van der Waals surface area (Å²) in [6.07, 6.45) is 5.63. The number of piperazine rings is 1. The number of carbonyl (C=O) groups is 1. The molecule has 4 heteroatoms. The van der Waals surface area contributed by atoms with Crippen LogP contribution in [-0.2, 0) is 4.79 Å². The van der Waals surface area contributed by atoms with E-state index in [0.717, 1.165) is 45.4 Å². The van der Waals surface area contributed by atoms with Gasteiger partial charge in [-0.25, -0.2) is 0 Å². The van der Waals surface area contributed by atoms with E-state index in [9.17, 15) is 4.79 Å². The molecule has 1 amide bonds. The van der Waals surface area contributed by atoms with E-state index in [2.05, 4.69) is 30.6 Å². The third kappa shape index (κ3) is 2.86. The molecule has 0 aromatic heterocycles. The largest absolute Gasteiger partial charge is 0.340 e. The van der Waals surface area contributed by atoms with Crippen molar-refractivity contribution < 1.29 is 4.79 Å². The summed E-state index contributed by atoms with van der Waals surface area (Å²) in [5.74, 6) is 0.419. The molecule has 2 N–H and O–H groups in total. The first-order valence-electron chi connectivity index (χ1n) is 8.20. The Morgan fingerprint density at radius 1 is 1.15 bits per heavy atom. The van der Waals surface area contributed by atoms with Gasteiger partial charge in [-0.1, -0.05) is 19.8 Å². The zero-order chi connectivity index (χ0) is 14.8. The maximum absolute atomic E-state index is 12.9. The van der Waals surface area contributed by atoms with Gasteiger partial charge in [-0.05, 0) is 33.1 Å². The van der Waals surface area contributed by atoms with Gasteiger partial charge in [0.05, 0.1) is 0 Å². The van der Waals surface area contributed by atoms with Gasteiger partial charge in [0.15, 0.2) is 0 Å². The highest BCUT2D eigenvalue weighted by Gasteiger charge is 2.43. The zero-order valence-electron chi connectivity index (χ0n) is 13.5. The van der Waals surface area contributed by atoms with Crippen LogP contribution in [0.5, 0.6) is 0 Å². The molecule has 0 atom stereocenters. The summed E-state index contributed by atoms with van der Waals surface area (Å²) in [6, 6.07) is 0. The normalized spacial score (nSPS) is 24.1. The van der Waals surface area contributed by atoms with Gasteiger partial charge in [-0.3, -0.25) is 9.69 Å². The van der Waals surface area contributed by atoms with E-state index in [-0.39, 0.29) is 11.0 Å². The second-order valence-corrected chi connectivity index (χ2v) is 7.14. The Morgan fingerprint density at radius 2 is 1.70 bits per heavy atom. The van der Waals surface area contributed by atoms with Crippen molar-refractivity contribution in [2.75, 3.05) is 32.7 Å². The van der Waals surface area contributed by atoms with Crippen LogP contribution in [0.15, 0.2) is 0 Å². The van der Waals surface area contributed by atoms with Crippen LogP contribution in [0, 0.1) is 5.41 Å². The predicted molar refractivity (Wildman–Crippen MR) is 82.5 cm³/mol. The fourth-order valence-corrected chi connectivity index (χ4v) is 3.75. The van der Waals surface area contributed by atoms with Gasteiger partial charge >= 0.3 is 0 Å². The van der Waals surface area contributed by atoms with Crippen LogP contribution < -0.4 is 5.73 Å². The smallest absolute Gasteiger partial charge is 0.228 e. The van der Waals surface area contributed by atoms with Crippen LogP contribution in [0.4, 0.5) is 0 Å². The van der Waals surface area contributed by atoms with Crippen molar-refractivity contribution in [3.05, 3.63) is 0 Å². The molecule has 2 rings (SSSR count). The molecule has 20 heavy (non-hydrogen) atoms. The second kappa shape index (κ2) is 6.02. The number of rotatable bonds is 4. The topological polar surface area (TPSA) is 49.6 Å². The van der Waals surface area contributed by atoms with E-state index >= 15 is 0 Å². The maximum atomic E-state index is 12.9. The van der Waals surface area contributed by atoms with Gasteiger partial charge < -0.3 is 10.6 Å². The predicted octanol–water partition coefficient (Wildman–Crippen LogP) is 1.84. The molecule has 1 heterocycles. The fraction of sp³-hybridized carbons (Fsp3) is 0.938. The van der Waals surface area contributed by atoms with E-state index in [1.165, 1.54) is 12.8 Å². The lowest BCUT2D eigenvalue weighted by Gasteiger charge is -2.45. The molecule has 0 aromatic rings. The molecule has 1 aliphatic heterocycles. The summed E-state index contributed by atoms with van der Waals surface area (Å²) in [7, 11) is 0. The first kappa shape index (κ1) is 15.8. The summed E-state index contributed by atoms with van der Waals surface area (Å²) in [5, 5.41) is 0. The van der Waals surface area contributed by atoms with E-state index < -0.39 is 0 Å². The van der Waals surface area contributed by atoms with Crippen LogP contribution in [-0.4, -0.2) is 54.0 Å². The first-order valence-corrected chi connectivity index (χ1v) is 8.20. The van der Waals surface area contributed by atoms with Crippen molar-refractivity contribution in [1.82, 2.24) is 9.80 Å². The molecular formula is C16H31N3O. The average molecular weight is 281 g/mol. The van der Waals surface area contributed by atoms with E-state index in [4.69, 9.17) is 5.73 Å². The molecule has 0 bridgehead atoms. The summed E-state index contributed by atoms with van der Waals surface area (Å²) >= 11 is 0. The summed E-state index contributed by atoms with van der Waals surface area (Å²) < 4.78 is 0. The van der Waals surface area contributed by atoms with Gasteiger partial charge in [-0.2, -0.15) is 0 Å². The highest BCUT2D eigenvalue weighted by molar-refractivity contribution is 5.83. The average Bonchev–Trinajstić information content (AvgIpc) is 2.96. The molecule has 0 aromatic carbocycles. The molecule has 0 radical (unpaired) electrons. The molecule has 116 valence electrons. The number of nitrogens with zero attached hydrogens (tertiary/aromatic N) is 2. The Bertz CT molecular complexity index is 340. The van der Waals surface area contributed by atoms with Crippen LogP contribution in [0.1, 0.15) is 52.9 Å². The van der Waals surface area contributed by atoms with Crippen molar-refractivity contribution in [3.8, 4) is 0 Å². The lowest BCUT2D eigenvalue weighted by Crippen LogP contribution is -2.59. The molecule has 1 saturated heterocycles. The Labute approximate surface area is 123 Å². The molecular weight excluding hydrogens is 250 g/mol. The Balaban J connectivity index is 1.95. The third-order valence-corrected chi connectivity index (χ3v) is 5.61. The summed E-state index contributed by atoms with van der Waals surface area (Å²) in [6.45, 7) is 10.9. The summed E-state index contributed by atoms with van der Waals surface area (Å²) in [4.78, 5) is 17.4. The monoisotopic (exact) mass is 281 g/mol. The summed E-state index contributed by atoms with van der Waals surface area (Å²) in [5.41, 5.74) is 5.86. The molecule has 0 unspecified atom stereocenters. The lowest BCUT2D eigenvalue weighted by molar-refractivity contribution is -0.144. The molecule has 4 nitrogen and oxygen atoms in total. The third-order valence-electron chi connectivity index (χ3n) is 5.61. The van der Waals surface area contributed by atoms with Gasteiger partial charge in [0.2, 0.25) is 5.91 Å².